The quantitative estimate of drug-likeness (QED) is 0.226. The van der Waals surface area contributed by atoms with E-state index in [9.17, 15) is 0 Å². The van der Waals surface area contributed by atoms with Gasteiger partial charge in [0.15, 0.2) is 0 Å². The molecule has 0 spiro atoms. The Kier molecular flexibility index (Phi) is 15.6. The van der Waals surface area contributed by atoms with Crippen LogP contribution in [0, 0.1) is 13.0 Å². The van der Waals surface area contributed by atoms with Crippen molar-refractivity contribution in [3.63, 3.8) is 0 Å². The molecule has 0 fully saturated rings. The second-order valence-corrected chi connectivity index (χ2v) is 15.8. The smallest absolute Gasteiger partial charge is 1.00 e. The molecule has 0 aliphatic heterocycles. The summed E-state index contributed by atoms with van der Waals surface area (Å²) in [4.78, 5) is 0. The van der Waals surface area contributed by atoms with Gasteiger partial charge in [0.2, 0.25) is 0 Å². The first-order valence-electron chi connectivity index (χ1n) is 16.0. The normalized spacial score (nSPS) is 11.9. The number of benzene rings is 3. The average Bonchev–Trinajstić information content (AvgIpc) is 3.54. The first kappa shape index (κ1) is 41.4. The molecule has 0 atom stereocenters. The van der Waals surface area contributed by atoms with Gasteiger partial charge in [-0.05, 0) is 28.4 Å². The number of halogens is 2. The van der Waals surface area contributed by atoms with Crippen LogP contribution < -0.4 is 24.8 Å². The van der Waals surface area contributed by atoms with Crippen molar-refractivity contribution in [2.45, 2.75) is 119 Å². The number of hydrogen-bond acceptors (Lipinski definition) is 0. The van der Waals surface area contributed by atoms with E-state index in [-0.39, 0.29) is 35.6 Å². The van der Waals surface area contributed by atoms with Crippen molar-refractivity contribution in [2.24, 2.45) is 0 Å². The average molecular weight is 721 g/mol. The molecule has 0 amide bonds. The van der Waals surface area contributed by atoms with Crippen LogP contribution in [0.5, 0.6) is 0 Å². The van der Waals surface area contributed by atoms with Crippen LogP contribution in [0.2, 0.25) is 0 Å². The second-order valence-electron chi connectivity index (χ2n) is 15.1. The zero-order chi connectivity index (χ0) is 32.2. The van der Waals surface area contributed by atoms with Crippen LogP contribution in [0.1, 0.15) is 126 Å². The van der Waals surface area contributed by atoms with Gasteiger partial charge in [0, 0.05) is 0 Å². The second kappa shape index (κ2) is 17.0. The Hall–Kier alpha value is -1.66. The summed E-state index contributed by atoms with van der Waals surface area (Å²) >= 11 is 1.47. The molecule has 0 radical (unpaired) electrons. The molecule has 1 aliphatic carbocycles. The third kappa shape index (κ3) is 11.2. The molecule has 0 unspecified atom stereocenters. The summed E-state index contributed by atoms with van der Waals surface area (Å²) in [6, 6.07) is 28.5. The van der Waals surface area contributed by atoms with Gasteiger partial charge in [0.1, 0.15) is 0 Å². The van der Waals surface area contributed by atoms with Crippen LogP contribution in [-0.2, 0) is 59.7 Å². The summed E-state index contributed by atoms with van der Waals surface area (Å²) in [5.74, 6) is 0. The number of aryl methyl sites for hydroxylation is 3. The molecule has 0 saturated carbocycles. The van der Waals surface area contributed by atoms with E-state index < -0.39 is 0 Å². The molecule has 0 bridgehead atoms. The van der Waals surface area contributed by atoms with E-state index in [4.69, 9.17) is 0 Å². The molecule has 0 N–H and O–H groups in total. The van der Waals surface area contributed by atoms with E-state index in [2.05, 4.69) is 160 Å². The molecule has 0 aromatic heterocycles. The third-order valence-corrected chi connectivity index (χ3v) is 9.16. The van der Waals surface area contributed by atoms with Gasteiger partial charge in [0.25, 0.3) is 0 Å². The van der Waals surface area contributed by atoms with Gasteiger partial charge in [0.05, 0.1) is 0 Å². The topological polar surface area (TPSA) is 0 Å². The molecular weight excluding hydrogens is 667 g/mol. The van der Waals surface area contributed by atoms with E-state index in [1.807, 2.05) is 0 Å². The Morgan fingerprint density at radius 1 is 0.733 bits per heavy atom. The third-order valence-electron chi connectivity index (χ3n) is 8.34. The summed E-state index contributed by atoms with van der Waals surface area (Å²) in [5.41, 5.74) is 16.2. The molecule has 45 heavy (non-hydrogen) atoms. The number of rotatable bonds is 3. The molecule has 4 aromatic rings. The van der Waals surface area contributed by atoms with Crippen LogP contribution in [0.25, 0.3) is 11.1 Å². The predicted octanol–water partition coefficient (Wildman–Crippen LogP) is 5.18. The van der Waals surface area contributed by atoms with E-state index in [0.29, 0.717) is 5.41 Å². The Bertz CT molecular complexity index is 1460. The van der Waals surface area contributed by atoms with Crippen molar-refractivity contribution >= 4 is 3.71 Å². The molecule has 3 heteroatoms. The van der Waals surface area contributed by atoms with Crippen molar-refractivity contribution in [1.29, 1.82) is 0 Å². The van der Waals surface area contributed by atoms with E-state index in [0.717, 1.165) is 19.3 Å². The van der Waals surface area contributed by atoms with Crippen molar-refractivity contribution < 1.29 is 49.0 Å². The van der Waals surface area contributed by atoms with E-state index in [1.54, 1.807) is 0 Å². The Morgan fingerprint density at radius 3 is 1.80 bits per heavy atom. The van der Waals surface area contributed by atoms with E-state index >= 15 is 0 Å². The first-order valence-corrected chi connectivity index (χ1v) is 17.4. The maximum Gasteiger partial charge on any atom is -1.00 e. The molecule has 0 nitrogen and oxygen atoms in total. The fourth-order valence-corrected chi connectivity index (χ4v) is 5.98. The van der Waals surface area contributed by atoms with Gasteiger partial charge in [-0.1, -0.05) is 118 Å². The van der Waals surface area contributed by atoms with Gasteiger partial charge in [-0.2, -0.15) is 46.5 Å². The SMILES string of the molecule is CC(C)(C)c1[c-]c2c(cc1)-c1ccc(C(C)(C)C)cc1C2.CCc1cc(C(C)(C)C)c(CC)[cH-]1.Cc1ccc([CH]=[Zr+2])cc1.[Cl-].[Cl-]. The minimum absolute atomic E-state index is 0. The predicted molar refractivity (Wildman–Crippen MR) is 187 cm³/mol. The summed E-state index contributed by atoms with van der Waals surface area (Å²) in [6.45, 7) is 27.0. The van der Waals surface area contributed by atoms with Crippen LogP contribution in [0.4, 0.5) is 0 Å². The number of hydrogen-bond donors (Lipinski definition) is 0. The summed E-state index contributed by atoms with van der Waals surface area (Å²) in [6.07, 6.45) is 3.34. The minimum atomic E-state index is 0. The standard InChI is InChI=1S/C21H25.C13H21.C8H8.2ClH.Zr/c1-20(2,3)16-7-9-18-14(12-16)11-15-13-17(21(4,5)6)8-10-19(15)18;1-6-10-8-11(7-2)12(9-10)13(3,4)5;1-7-3-5-8(2)6-4-7;;;/h7-10,12H,11H2,1-6H3;8-9H,6-7H2,1-5H3;1,3-6H,2H3;2*1H;/q2*-1;;;;+2/p-2. The Morgan fingerprint density at radius 2 is 1.33 bits per heavy atom. The van der Waals surface area contributed by atoms with Crippen LogP contribution >= 0.6 is 0 Å². The monoisotopic (exact) mass is 718 g/mol. The fourth-order valence-electron chi connectivity index (χ4n) is 5.51. The van der Waals surface area contributed by atoms with Crippen molar-refractivity contribution in [1.82, 2.24) is 0 Å². The zero-order valence-electron chi connectivity index (χ0n) is 29.8. The molecule has 0 saturated heterocycles. The van der Waals surface area contributed by atoms with Gasteiger partial charge in [-0.15, -0.1) is 11.1 Å². The van der Waals surface area contributed by atoms with Gasteiger partial charge < -0.3 is 24.8 Å². The molecule has 4 aromatic carbocycles. The Labute approximate surface area is 303 Å². The van der Waals surface area contributed by atoms with Gasteiger partial charge >= 0.3 is 70.3 Å². The van der Waals surface area contributed by atoms with Crippen molar-refractivity contribution in [2.75, 3.05) is 0 Å². The summed E-state index contributed by atoms with van der Waals surface area (Å²) in [5, 5.41) is 0. The first-order chi connectivity index (χ1) is 20.0. The minimum Gasteiger partial charge on any atom is -1.00 e. The van der Waals surface area contributed by atoms with Crippen molar-refractivity contribution in [3.8, 4) is 11.1 Å². The maximum absolute atomic E-state index is 3.67. The van der Waals surface area contributed by atoms with Gasteiger partial charge in [-0.25, -0.2) is 6.07 Å². The molecule has 242 valence electrons. The Balaban J connectivity index is 0.000000363. The van der Waals surface area contributed by atoms with E-state index in [1.165, 1.54) is 85.4 Å². The zero-order valence-corrected chi connectivity index (χ0v) is 33.8. The number of fused-ring (bicyclic) bond motifs is 3. The maximum atomic E-state index is 3.67. The molecule has 5 rings (SSSR count). The molecule has 1 aliphatic rings. The summed E-state index contributed by atoms with van der Waals surface area (Å²) < 4.78 is 2.19. The fraction of sp³-hybridized carbons (Fsp3) is 0.429. The van der Waals surface area contributed by atoms with Crippen molar-refractivity contribution in [3.05, 3.63) is 123 Å². The largest absolute Gasteiger partial charge is 1.00 e. The van der Waals surface area contributed by atoms with Crippen LogP contribution in [-0.4, -0.2) is 3.71 Å². The van der Waals surface area contributed by atoms with Gasteiger partial charge in [-0.3, -0.25) is 0 Å². The summed E-state index contributed by atoms with van der Waals surface area (Å²) in [7, 11) is 0. The van der Waals surface area contributed by atoms with Crippen LogP contribution in [0.3, 0.4) is 0 Å². The molecule has 0 heterocycles. The van der Waals surface area contributed by atoms with Crippen LogP contribution in [0.15, 0.2) is 66.7 Å². The molecular formula is C42H54Cl2Zr-2.